The van der Waals surface area contributed by atoms with Crippen molar-refractivity contribution in [1.82, 2.24) is 0 Å². The first-order chi connectivity index (χ1) is 15.9. The Hall–Kier alpha value is -3.35. The van der Waals surface area contributed by atoms with Crippen LogP contribution in [-0.4, -0.2) is 18.5 Å². The molecule has 0 unspecified atom stereocenters. The Labute approximate surface area is 200 Å². The van der Waals surface area contributed by atoms with Gasteiger partial charge in [0.2, 0.25) is 5.90 Å². The average molecular weight is 486 g/mol. The number of carbonyl (C=O) groups excluding carboxylic acids is 1. The lowest BCUT2D eigenvalue weighted by Crippen LogP contribution is -2.05. The lowest BCUT2D eigenvalue weighted by atomic mass is 10.1. The molecule has 0 amide bonds. The van der Waals surface area contributed by atoms with Crippen molar-refractivity contribution in [1.29, 1.82) is 0 Å². The van der Waals surface area contributed by atoms with E-state index in [1.165, 1.54) is 6.07 Å². The van der Waals surface area contributed by atoms with E-state index in [4.69, 9.17) is 37.4 Å². The second-order valence-corrected chi connectivity index (χ2v) is 7.80. The summed E-state index contributed by atoms with van der Waals surface area (Å²) in [6, 6.07) is 16.4. The molecule has 168 valence electrons. The van der Waals surface area contributed by atoms with Crippen molar-refractivity contribution in [2.45, 2.75) is 13.5 Å². The number of cyclic esters (lactones) is 1. The van der Waals surface area contributed by atoms with E-state index in [2.05, 4.69) is 4.99 Å². The number of ether oxygens (including phenoxy) is 3. The van der Waals surface area contributed by atoms with Gasteiger partial charge in [-0.25, -0.2) is 14.2 Å². The SMILES string of the molecule is CCOc1cc(/C=C2\N=C(c3ccc(Cl)c(Cl)c3)OC2=O)ccc1OCc1ccccc1F. The van der Waals surface area contributed by atoms with E-state index in [0.717, 1.165) is 0 Å². The summed E-state index contributed by atoms with van der Waals surface area (Å²) in [4.78, 5) is 16.6. The largest absolute Gasteiger partial charge is 0.490 e. The minimum absolute atomic E-state index is 0.0524. The fraction of sp³-hybridized carbons (Fsp3) is 0.120. The number of halogens is 3. The third-order valence-corrected chi connectivity index (χ3v) is 5.44. The first-order valence-corrected chi connectivity index (χ1v) is 10.8. The van der Waals surface area contributed by atoms with Gasteiger partial charge in [0, 0.05) is 11.1 Å². The third kappa shape index (κ3) is 5.35. The lowest BCUT2D eigenvalue weighted by molar-refractivity contribution is -0.129. The minimum Gasteiger partial charge on any atom is -0.490 e. The summed E-state index contributed by atoms with van der Waals surface area (Å²) in [6.45, 7) is 2.29. The van der Waals surface area contributed by atoms with Crippen molar-refractivity contribution in [3.05, 3.63) is 98.9 Å². The first-order valence-electron chi connectivity index (χ1n) is 10.1. The maximum Gasteiger partial charge on any atom is 0.363 e. The van der Waals surface area contributed by atoms with Crippen molar-refractivity contribution in [3.8, 4) is 11.5 Å². The molecule has 1 heterocycles. The maximum absolute atomic E-state index is 13.9. The van der Waals surface area contributed by atoms with E-state index in [1.807, 2.05) is 6.92 Å². The molecule has 0 fully saturated rings. The Morgan fingerprint density at radius 3 is 2.58 bits per heavy atom. The summed E-state index contributed by atoms with van der Waals surface area (Å²) in [6.07, 6.45) is 1.58. The highest BCUT2D eigenvalue weighted by Gasteiger charge is 2.24. The second kappa shape index (κ2) is 10.1. The van der Waals surface area contributed by atoms with Gasteiger partial charge in [-0.3, -0.25) is 0 Å². The van der Waals surface area contributed by atoms with Crippen LogP contribution in [0.2, 0.25) is 10.0 Å². The molecule has 0 N–H and O–H groups in total. The fourth-order valence-electron chi connectivity index (χ4n) is 3.09. The van der Waals surface area contributed by atoms with Crippen LogP contribution in [0.15, 0.2) is 71.4 Å². The van der Waals surface area contributed by atoms with Crippen molar-refractivity contribution in [2.24, 2.45) is 4.99 Å². The van der Waals surface area contributed by atoms with Crippen LogP contribution >= 0.6 is 23.2 Å². The van der Waals surface area contributed by atoms with E-state index >= 15 is 0 Å². The quantitative estimate of drug-likeness (QED) is 0.284. The number of rotatable bonds is 7. The fourth-order valence-corrected chi connectivity index (χ4v) is 3.39. The maximum atomic E-state index is 13.9. The zero-order valence-corrected chi connectivity index (χ0v) is 19.0. The molecular formula is C25H18Cl2FNO4. The predicted octanol–water partition coefficient (Wildman–Crippen LogP) is 6.45. The highest BCUT2D eigenvalue weighted by molar-refractivity contribution is 6.42. The van der Waals surface area contributed by atoms with Crippen LogP contribution in [0.3, 0.4) is 0 Å². The summed E-state index contributed by atoms with van der Waals surface area (Å²) in [5.74, 6) is 0.125. The molecule has 4 rings (SSSR count). The summed E-state index contributed by atoms with van der Waals surface area (Å²) < 4.78 is 30.6. The van der Waals surface area contributed by atoms with E-state index in [-0.39, 0.29) is 24.0 Å². The standard InChI is InChI=1S/C25H18Cl2FNO4/c1-2-31-23-12-15(7-10-22(23)32-14-17-5-3-4-6-20(17)28)11-21-25(30)33-24(29-21)16-8-9-18(26)19(27)13-16/h3-13H,2,14H2,1H3/b21-11-. The van der Waals surface area contributed by atoms with E-state index in [9.17, 15) is 9.18 Å². The highest BCUT2D eigenvalue weighted by Crippen LogP contribution is 2.31. The number of aliphatic imine (C=N–C) groups is 1. The van der Waals surface area contributed by atoms with Crippen LogP contribution in [0.5, 0.6) is 11.5 Å². The van der Waals surface area contributed by atoms with Gasteiger partial charge >= 0.3 is 5.97 Å². The Kier molecular flexibility index (Phi) is 6.96. The molecule has 0 spiro atoms. The van der Waals surface area contributed by atoms with Gasteiger partial charge < -0.3 is 14.2 Å². The zero-order valence-electron chi connectivity index (χ0n) is 17.5. The topological polar surface area (TPSA) is 57.1 Å². The van der Waals surface area contributed by atoms with Gasteiger partial charge in [-0.2, -0.15) is 0 Å². The Morgan fingerprint density at radius 1 is 1.00 bits per heavy atom. The number of nitrogens with zero attached hydrogens (tertiary/aromatic N) is 1. The Morgan fingerprint density at radius 2 is 1.82 bits per heavy atom. The van der Waals surface area contributed by atoms with Crippen LogP contribution < -0.4 is 9.47 Å². The molecule has 0 radical (unpaired) electrons. The number of carbonyl (C=O) groups is 1. The highest BCUT2D eigenvalue weighted by atomic mass is 35.5. The molecule has 0 saturated heterocycles. The van der Waals surface area contributed by atoms with Crippen molar-refractivity contribution < 1.29 is 23.4 Å². The number of hydrogen-bond donors (Lipinski definition) is 0. The molecule has 33 heavy (non-hydrogen) atoms. The normalized spacial score (nSPS) is 14.2. The number of esters is 1. The molecule has 1 aliphatic rings. The van der Waals surface area contributed by atoms with Crippen LogP contribution in [0.25, 0.3) is 6.08 Å². The molecular weight excluding hydrogens is 468 g/mol. The number of benzene rings is 3. The smallest absolute Gasteiger partial charge is 0.363 e. The summed E-state index contributed by atoms with van der Waals surface area (Å²) in [5.41, 5.74) is 1.75. The van der Waals surface area contributed by atoms with Gasteiger partial charge in [0.1, 0.15) is 12.4 Å². The first kappa shape index (κ1) is 22.8. The van der Waals surface area contributed by atoms with Gasteiger partial charge in [-0.1, -0.05) is 47.5 Å². The molecule has 0 atom stereocenters. The molecule has 3 aromatic carbocycles. The molecule has 0 aromatic heterocycles. The van der Waals surface area contributed by atoms with Gasteiger partial charge in [0.15, 0.2) is 17.2 Å². The molecule has 0 bridgehead atoms. The van der Waals surface area contributed by atoms with Gasteiger partial charge in [-0.05, 0) is 55.0 Å². The summed E-state index contributed by atoms with van der Waals surface area (Å²) in [5, 5.41) is 0.722. The lowest BCUT2D eigenvalue weighted by Gasteiger charge is -2.13. The summed E-state index contributed by atoms with van der Waals surface area (Å²) in [7, 11) is 0. The van der Waals surface area contributed by atoms with Crippen LogP contribution in [0, 0.1) is 5.82 Å². The van der Waals surface area contributed by atoms with Crippen LogP contribution in [-0.2, 0) is 16.1 Å². The predicted molar refractivity (Wildman–Crippen MR) is 125 cm³/mol. The summed E-state index contributed by atoms with van der Waals surface area (Å²) >= 11 is 12.0. The Balaban J connectivity index is 1.57. The van der Waals surface area contributed by atoms with Gasteiger partial charge in [0.05, 0.1) is 16.7 Å². The molecule has 3 aromatic rings. The van der Waals surface area contributed by atoms with E-state index in [1.54, 1.807) is 60.7 Å². The average Bonchev–Trinajstić information content (AvgIpc) is 3.16. The van der Waals surface area contributed by atoms with Crippen molar-refractivity contribution in [2.75, 3.05) is 6.61 Å². The molecule has 8 heteroatoms. The van der Waals surface area contributed by atoms with Crippen molar-refractivity contribution in [3.63, 3.8) is 0 Å². The molecule has 5 nitrogen and oxygen atoms in total. The second-order valence-electron chi connectivity index (χ2n) is 6.98. The zero-order chi connectivity index (χ0) is 23.4. The van der Waals surface area contributed by atoms with Gasteiger partial charge in [-0.15, -0.1) is 0 Å². The van der Waals surface area contributed by atoms with E-state index in [0.29, 0.717) is 44.8 Å². The van der Waals surface area contributed by atoms with Gasteiger partial charge in [0.25, 0.3) is 0 Å². The van der Waals surface area contributed by atoms with Crippen molar-refractivity contribution >= 4 is 41.1 Å². The third-order valence-electron chi connectivity index (χ3n) is 4.70. The molecule has 0 aliphatic carbocycles. The number of hydrogen-bond acceptors (Lipinski definition) is 5. The molecule has 0 saturated carbocycles. The van der Waals surface area contributed by atoms with Crippen LogP contribution in [0.4, 0.5) is 4.39 Å². The monoisotopic (exact) mass is 485 g/mol. The van der Waals surface area contributed by atoms with E-state index < -0.39 is 5.97 Å². The Bertz CT molecular complexity index is 1270. The molecule has 1 aliphatic heterocycles. The van der Waals surface area contributed by atoms with Crippen LogP contribution in [0.1, 0.15) is 23.6 Å². The minimum atomic E-state index is -0.589.